The first kappa shape index (κ1) is 20.7. The third-order valence-corrected chi connectivity index (χ3v) is 5.13. The maximum atomic E-state index is 13.8. The molecule has 1 saturated heterocycles. The number of amides is 3. The van der Waals surface area contributed by atoms with E-state index < -0.39 is 35.4 Å². The molecular weight excluding hydrogens is 413 g/mol. The van der Waals surface area contributed by atoms with Gasteiger partial charge < -0.3 is 15.0 Å². The van der Waals surface area contributed by atoms with E-state index in [0.717, 1.165) is 12.1 Å². The third kappa shape index (κ3) is 4.18. The van der Waals surface area contributed by atoms with Crippen molar-refractivity contribution in [2.75, 3.05) is 20.1 Å². The summed E-state index contributed by atoms with van der Waals surface area (Å²) in [7, 11) is 1.40. The van der Waals surface area contributed by atoms with Crippen molar-refractivity contribution in [3.63, 3.8) is 0 Å². The van der Waals surface area contributed by atoms with Gasteiger partial charge in [-0.1, -0.05) is 0 Å². The molecule has 1 atom stereocenters. The Hall–Kier alpha value is -3.56. The Morgan fingerprint density at radius 3 is 2.48 bits per heavy atom. The lowest BCUT2D eigenvalue weighted by Gasteiger charge is -2.41. The van der Waals surface area contributed by atoms with Crippen LogP contribution in [0.15, 0.2) is 41.5 Å². The van der Waals surface area contributed by atoms with Crippen LogP contribution in [0.5, 0.6) is 5.75 Å². The van der Waals surface area contributed by atoms with Crippen molar-refractivity contribution in [1.29, 1.82) is 0 Å². The molecule has 2 heterocycles. The highest BCUT2D eigenvalue weighted by molar-refractivity contribution is 5.94. The molecule has 1 fully saturated rings. The molecule has 3 amide bonds. The number of nitrogens with zero attached hydrogens (tertiary/aromatic N) is 3. The number of carbonyl (C=O) groups is 2. The minimum absolute atomic E-state index is 0.135. The lowest BCUT2D eigenvalue weighted by molar-refractivity contribution is 0.0276. The number of rotatable bonds is 4. The van der Waals surface area contributed by atoms with E-state index in [2.05, 4.69) is 10.4 Å². The van der Waals surface area contributed by atoms with Crippen molar-refractivity contribution in [2.24, 2.45) is 5.10 Å². The first-order valence-electron chi connectivity index (χ1n) is 9.60. The molecule has 162 valence electrons. The van der Waals surface area contributed by atoms with E-state index in [1.807, 2.05) is 0 Å². The topological polar surface area (TPSA) is 74.2 Å². The van der Waals surface area contributed by atoms with Crippen molar-refractivity contribution in [3.05, 3.63) is 65.0 Å². The SMILES string of the molecule is CNC(=O)c1cc(OC2CN(C(=O)N3N=CCC3c3cc(F)cc(F)c3)C2)ccc1F. The first-order valence-corrected chi connectivity index (χ1v) is 9.60. The van der Waals surface area contributed by atoms with Crippen LogP contribution in [0.1, 0.15) is 28.4 Å². The Morgan fingerprint density at radius 1 is 1.10 bits per heavy atom. The highest BCUT2D eigenvalue weighted by Gasteiger charge is 2.39. The molecule has 2 aromatic rings. The highest BCUT2D eigenvalue weighted by atomic mass is 19.1. The van der Waals surface area contributed by atoms with Crippen molar-refractivity contribution < 1.29 is 27.5 Å². The lowest BCUT2D eigenvalue weighted by atomic mass is 10.0. The number of hydrogen-bond donors (Lipinski definition) is 1. The monoisotopic (exact) mass is 432 g/mol. The Morgan fingerprint density at radius 2 is 1.81 bits per heavy atom. The zero-order chi connectivity index (χ0) is 22.1. The number of carbonyl (C=O) groups excluding carboxylic acids is 2. The molecule has 0 aromatic heterocycles. The standard InChI is InChI=1S/C21H19F3N4O3/c1-25-20(29)17-9-15(2-3-18(17)24)31-16-10-27(11-16)21(30)28-19(4-5-26-28)12-6-13(22)8-14(23)7-12/h2-3,5-9,16,19H,4,10-11H2,1H3,(H,25,29). The molecule has 10 heteroatoms. The number of ether oxygens (including phenoxy) is 1. The molecule has 0 bridgehead atoms. The Kier molecular flexibility index (Phi) is 5.53. The van der Waals surface area contributed by atoms with Gasteiger partial charge in [-0.15, -0.1) is 0 Å². The second kappa shape index (κ2) is 8.29. The van der Waals surface area contributed by atoms with Gasteiger partial charge in [-0.25, -0.2) is 23.0 Å². The largest absolute Gasteiger partial charge is 0.487 e. The van der Waals surface area contributed by atoms with E-state index in [1.165, 1.54) is 47.4 Å². The number of nitrogens with one attached hydrogen (secondary N) is 1. The van der Waals surface area contributed by atoms with Crippen LogP contribution in [0.25, 0.3) is 0 Å². The van der Waals surface area contributed by atoms with Gasteiger partial charge in [-0.05, 0) is 35.9 Å². The smallest absolute Gasteiger partial charge is 0.341 e. The maximum absolute atomic E-state index is 13.8. The number of halogens is 3. The quantitative estimate of drug-likeness (QED) is 0.807. The summed E-state index contributed by atoms with van der Waals surface area (Å²) in [5.41, 5.74) is 0.188. The zero-order valence-corrected chi connectivity index (χ0v) is 16.5. The van der Waals surface area contributed by atoms with Crippen LogP contribution < -0.4 is 10.1 Å². The van der Waals surface area contributed by atoms with Crippen molar-refractivity contribution in [2.45, 2.75) is 18.6 Å². The van der Waals surface area contributed by atoms with Crippen LogP contribution in [-0.2, 0) is 0 Å². The van der Waals surface area contributed by atoms with Crippen molar-refractivity contribution in [1.82, 2.24) is 15.2 Å². The minimum Gasteiger partial charge on any atom is -0.487 e. The van der Waals surface area contributed by atoms with Gasteiger partial charge in [-0.3, -0.25) is 4.79 Å². The molecule has 0 saturated carbocycles. The van der Waals surface area contributed by atoms with Gasteiger partial charge in [0.1, 0.15) is 29.3 Å². The van der Waals surface area contributed by atoms with E-state index in [9.17, 15) is 22.8 Å². The van der Waals surface area contributed by atoms with Crippen LogP contribution >= 0.6 is 0 Å². The fourth-order valence-electron chi connectivity index (χ4n) is 3.54. The number of hydrazone groups is 1. The molecule has 0 radical (unpaired) electrons. The predicted octanol–water partition coefficient (Wildman–Crippen LogP) is 3.08. The van der Waals surface area contributed by atoms with E-state index in [1.54, 1.807) is 0 Å². The van der Waals surface area contributed by atoms with Crippen molar-refractivity contribution >= 4 is 18.2 Å². The molecule has 4 rings (SSSR count). The average molecular weight is 432 g/mol. The Balaban J connectivity index is 1.38. The molecular formula is C21H19F3N4O3. The van der Waals surface area contributed by atoms with Gasteiger partial charge >= 0.3 is 6.03 Å². The fourth-order valence-corrected chi connectivity index (χ4v) is 3.54. The zero-order valence-electron chi connectivity index (χ0n) is 16.5. The molecule has 31 heavy (non-hydrogen) atoms. The Labute approximate surface area is 176 Å². The average Bonchev–Trinajstić information content (AvgIpc) is 3.19. The fraction of sp³-hybridized carbons (Fsp3) is 0.286. The number of hydrogen-bond acceptors (Lipinski definition) is 4. The summed E-state index contributed by atoms with van der Waals surface area (Å²) in [6, 6.07) is 5.99. The number of benzene rings is 2. The van der Waals surface area contributed by atoms with Crippen LogP contribution in [0, 0.1) is 17.5 Å². The summed E-state index contributed by atoms with van der Waals surface area (Å²) in [5.74, 6) is -2.36. The molecule has 0 aliphatic carbocycles. The number of likely N-dealkylation sites (tertiary alicyclic amines) is 1. The van der Waals surface area contributed by atoms with E-state index >= 15 is 0 Å². The second-order valence-electron chi connectivity index (χ2n) is 7.25. The molecule has 1 N–H and O–H groups in total. The summed E-state index contributed by atoms with van der Waals surface area (Å²) >= 11 is 0. The van der Waals surface area contributed by atoms with Crippen LogP contribution in [0.2, 0.25) is 0 Å². The first-order chi connectivity index (χ1) is 14.9. The Bertz CT molecular complexity index is 1040. The van der Waals surface area contributed by atoms with Crippen LogP contribution in [0.4, 0.5) is 18.0 Å². The maximum Gasteiger partial charge on any atom is 0.341 e. The second-order valence-corrected chi connectivity index (χ2v) is 7.25. The summed E-state index contributed by atoms with van der Waals surface area (Å²) in [6.45, 7) is 0.504. The normalized spacial score (nSPS) is 18.1. The number of urea groups is 1. The highest BCUT2D eigenvalue weighted by Crippen LogP contribution is 2.31. The van der Waals surface area contributed by atoms with Gasteiger partial charge in [0.15, 0.2) is 0 Å². The van der Waals surface area contributed by atoms with Gasteiger partial charge in [-0.2, -0.15) is 5.10 Å². The van der Waals surface area contributed by atoms with Crippen LogP contribution in [-0.4, -0.2) is 54.3 Å². The summed E-state index contributed by atoms with van der Waals surface area (Å²) in [5, 5.41) is 7.62. The molecule has 2 aromatic carbocycles. The lowest BCUT2D eigenvalue weighted by Crippen LogP contribution is -2.58. The third-order valence-electron chi connectivity index (χ3n) is 5.13. The molecule has 2 aliphatic rings. The van der Waals surface area contributed by atoms with E-state index in [0.29, 0.717) is 17.7 Å². The van der Waals surface area contributed by atoms with Crippen LogP contribution in [0.3, 0.4) is 0 Å². The minimum atomic E-state index is -0.720. The predicted molar refractivity (Wildman–Crippen MR) is 105 cm³/mol. The van der Waals surface area contributed by atoms with E-state index in [-0.39, 0.29) is 24.8 Å². The summed E-state index contributed by atoms with van der Waals surface area (Å²) in [6.07, 6.45) is 1.53. The van der Waals surface area contributed by atoms with Gasteiger partial charge in [0.2, 0.25) is 0 Å². The molecule has 7 nitrogen and oxygen atoms in total. The summed E-state index contributed by atoms with van der Waals surface area (Å²) in [4.78, 5) is 26.0. The van der Waals surface area contributed by atoms with E-state index in [4.69, 9.17) is 4.74 Å². The van der Waals surface area contributed by atoms with Crippen molar-refractivity contribution in [3.8, 4) is 5.75 Å². The van der Waals surface area contributed by atoms with Gasteiger partial charge in [0.25, 0.3) is 5.91 Å². The van der Waals surface area contributed by atoms with Gasteiger partial charge in [0, 0.05) is 25.7 Å². The molecule has 2 aliphatic heterocycles. The molecule has 0 spiro atoms. The molecule has 1 unspecified atom stereocenters. The van der Waals surface area contributed by atoms with Gasteiger partial charge in [0.05, 0.1) is 24.7 Å². The summed E-state index contributed by atoms with van der Waals surface area (Å²) < 4.78 is 46.6.